The molecule has 7 nitrogen and oxygen atoms in total. The van der Waals surface area contributed by atoms with Crippen molar-refractivity contribution in [3.8, 4) is 0 Å². The van der Waals surface area contributed by atoms with Crippen molar-refractivity contribution < 1.29 is 24.2 Å². The van der Waals surface area contributed by atoms with Crippen LogP contribution in [0.3, 0.4) is 0 Å². The van der Waals surface area contributed by atoms with Crippen molar-refractivity contribution in [1.29, 1.82) is 0 Å². The van der Waals surface area contributed by atoms with E-state index in [9.17, 15) is 14.4 Å². The quantitative estimate of drug-likeness (QED) is 0.705. The van der Waals surface area contributed by atoms with E-state index in [1.165, 1.54) is 7.11 Å². The number of amides is 2. The molecule has 17 heavy (non-hydrogen) atoms. The van der Waals surface area contributed by atoms with Gasteiger partial charge in [0.2, 0.25) is 5.91 Å². The van der Waals surface area contributed by atoms with Crippen LogP contribution in [0.5, 0.6) is 0 Å². The maximum absolute atomic E-state index is 11.4. The van der Waals surface area contributed by atoms with E-state index in [1.807, 2.05) is 5.32 Å². The lowest BCUT2D eigenvalue weighted by molar-refractivity contribution is -0.142. The van der Waals surface area contributed by atoms with E-state index in [1.54, 1.807) is 11.8 Å². The van der Waals surface area contributed by atoms with E-state index in [0.29, 0.717) is 13.0 Å². The number of nitrogens with zero attached hydrogens (tertiary/aromatic N) is 1. The molecule has 0 saturated carbocycles. The van der Waals surface area contributed by atoms with Crippen molar-refractivity contribution in [2.24, 2.45) is 5.92 Å². The first kappa shape index (κ1) is 13.4. The van der Waals surface area contributed by atoms with Crippen molar-refractivity contribution >= 4 is 18.0 Å². The van der Waals surface area contributed by atoms with Crippen LogP contribution < -0.4 is 5.32 Å². The lowest BCUT2D eigenvalue weighted by Crippen LogP contribution is -2.42. The number of likely N-dealkylation sites (tertiary alicyclic amines) is 1. The molecule has 2 amide bonds. The maximum Gasteiger partial charge on any atom is 0.413 e. The van der Waals surface area contributed by atoms with Crippen LogP contribution in [0.2, 0.25) is 0 Å². The van der Waals surface area contributed by atoms with Crippen molar-refractivity contribution in [3.05, 3.63) is 0 Å². The zero-order valence-corrected chi connectivity index (χ0v) is 9.80. The van der Waals surface area contributed by atoms with Crippen LogP contribution in [-0.4, -0.2) is 54.2 Å². The van der Waals surface area contributed by atoms with E-state index in [-0.39, 0.29) is 12.6 Å². The number of hydrogen-bond acceptors (Lipinski definition) is 5. The third kappa shape index (κ3) is 3.42. The van der Waals surface area contributed by atoms with E-state index in [0.717, 1.165) is 0 Å². The highest BCUT2D eigenvalue weighted by Crippen LogP contribution is 2.23. The average Bonchev–Trinajstić information content (AvgIpc) is 2.60. The monoisotopic (exact) mass is 244 g/mol. The minimum absolute atomic E-state index is 0.0000463. The molecule has 0 aliphatic carbocycles. The molecule has 1 heterocycles. The average molecular weight is 244 g/mol. The molecule has 2 N–H and O–H groups in total. The molecule has 1 aliphatic rings. The van der Waals surface area contributed by atoms with Gasteiger partial charge in [0, 0.05) is 6.04 Å². The first-order valence-corrected chi connectivity index (χ1v) is 5.30. The first-order chi connectivity index (χ1) is 7.95. The summed E-state index contributed by atoms with van der Waals surface area (Å²) in [5.41, 5.74) is 0. The van der Waals surface area contributed by atoms with Crippen LogP contribution >= 0.6 is 0 Å². The Hall–Kier alpha value is -1.63. The molecule has 2 atom stereocenters. The Morgan fingerprint density at radius 1 is 1.47 bits per heavy atom. The van der Waals surface area contributed by atoms with Gasteiger partial charge in [-0.05, 0) is 19.9 Å². The minimum atomic E-state index is -0.853. The number of aliphatic carboxylic acids is 1. The van der Waals surface area contributed by atoms with Gasteiger partial charge in [0.25, 0.3) is 0 Å². The number of alkyl carbamates (subject to hydrolysis) is 1. The second-order valence-corrected chi connectivity index (χ2v) is 3.98. The van der Waals surface area contributed by atoms with Crippen LogP contribution in [0.15, 0.2) is 0 Å². The predicted molar refractivity (Wildman–Crippen MR) is 57.3 cm³/mol. The molecular weight excluding hydrogens is 228 g/mol. The summed E-state index contributed by atoms with van der Waals surface area (Å²) >= 11 is 0. The molecular formula is C10H16N2O5. The third-order valence-corrected chi connectivity index (χ3v) is 2.98. The molecule has 0 aromatic heterocycles. The fourth-order valence-electron chi connectivity index (χ4n) is 1.95. The molecule has 0 bridgehead atoms. The number of hydrogen-bond donors (Lipinski definition) is 2. The second-order valence-electron chi connectivity index (χ2n) is 3.98. The fraction of sp³-hybridized carbons (Fsp3) is 0.700. The van der Waals surface area contributed by atoms with Gasteiger partial charge in [0.15, 0.2) is 0 Å². The van der Waals surface area contributed by atoms with Crippen molar-refractivity contribution in [2.45, 2.75) is 19.4 Å². The molecule has 2 unspecified atom stereocenters. The summed E-state index contributed by atoms with van der Waals surface area (Å²) in [7, 11) is 1.17. The van der Waals surface area contributed by atoms with Gasteiger partial charge in [-0.3, -0.25) is 19.8 Å². The molecule has 96 valence electrons. The summed E-state index contributed by atoms with van der Waals surface area (Å²) in [6.07, 6.45) is -0.293. The van der Waals surface area contributed by atoms with Crippen LogP contribution in [0, 0.1) is 5.92 Å². The van der Waals surface area contributed by atoms with Crippen molar-refractivity contribution in [3.63, 3.8) is 0 Å². The molecule has 1 saturated heterocycles. The second kappa shape index (κ2) is 5.62. The zero-order valence-electron chi connectivity index (χ0n) is 9.80. The number of carboxylic acids is 1. The van der Waals surface area contributed by atoms with Crippen LogP contribution in [0.25, 0.3) is 0 Å². The highest BCUT2D eigenvalue weighted by molar-refractivity contribution is 5.92. The van der Waals surface area contributed by atoms with Crippen LogP contribution in [-0.2, 0) is 14.3 Å². The lowest BCUT2D eigenvalue weighted by Gasteiger charge is -2.21. The Morgan fingerprint density at radius 3 is 2.59 bits per heavy atom. The van der Waals surface area contributed by atoms with Gasteiger partial charge in [-0.2, -0.15) is 0 Å². The molecule has 1 rings (SSSR count). The molecule has 0 spiro atoms. The summed E-state index contributed by atoms with van der Waals surface area (Å²) in [6, 6.07) is -0.212. The first-order valence-electron chi connectivity index (χ1n) is 5.30. The largest absolute Gasteiger partial charge is 0.481 e. The van der Waals surface area contributed by atoms with Gasteiger partial charge in [0.05, 0.1) is 19.6 Å². The van der Waals surface area contributed by atoms with Gasteiger partial charge >= 0.3 is 12.1 Å². The number of carbonyl (C=O) groups is 3. The smallest absolute Gasteiger partial charge is 0.413 e. The Balaban J connectivity index is 2.46. The number of rotatable bonds is 3. The summed E-state index contributed by atoms with van der Waals surface area (Å²) < 4.78 is 4.29. The van der Waals surface area contributed by atoms with E-state index < -0.39 is 23.9 Å². The standard InChI is InChI=1S/C10H16N2O5/c1-6-7(9(14)15)3-4-12(6)5-8(13)11-10(16)17-2/h6-7H,3-5H2,1-2H3,(H,14,15)(H,11,13,16). The minimum Gasteiger partial charge on any atom is -0.481 e. The van der Waals surface area contributed by atoms with Gasteiger partial charge < -0.3 is 9.84 Å². The topological polar surface area (TPSA) is 95.9 Å². The van der Waals surface area contributed by atoms with Gasteiger partial charge in [-0.1, -0.05) is 0 Å². The number of ether oxygens (including phenoxy) is 1. The highest BCUT2D eigenvalue weighted by Gasteiger charge is 2.36. The molecule has 0 aromatic rings. The van der Waals surface area contributed by atoms with Crippen LogP contribution in [0.1, 0.15) is 13.3 Å². The lowest BCUT2D eigenvalue weighted by atomic mass is 10.0. The summed E-state index contributed by atoms with van der Waals surface area (Å²) in [4.78, 5) is 34.8. The summed E-state index contributed by atoms with van der Waals surface area (Å²) in [6.45, 7) is 2.30. The number of nitrogens with one attached hydrogen (secondary N) is 1. The third-order valence-electron chi connectivity index (χ3n) is 2.98. The molecule has 1 aliphatic heterocycles. The number of carbonyl (C=O) groups excluding carboxylic acids is 2. The predicted octanol–water partition coefficient (Wildman–Crippen LogP) is -0.336. The summed E-state index contributed by atoms with van der Waals surface area (Å²) in [5.74, 6) is -1.80. The van der Waals surface area contributed by atoms with Gasteiger partial charge in [-0.15, -0.1) is 0 Å². The Kier molecular flexibility index (Phi) is 4.45. The Morgan fingerprint density at radius 2 is 2.12 bits per heavy atom. The normalized spacial score (nSPS) is 24.4. The number of imide groups is 1. The fourth-order valence-corrected chi connectivity index (χ4v) is 1.95. The Bertz CT molecular complexity index is 331. The van der Waals surface area contributed by atoms with Crippen LogP contribution in [0.4, 0.5) is 4.79 Å². The van der Waals surface area contributed by atoms with Crippen molar-refractivity contribution in [1.82, 2.24) is 10.2 Å². The molecule has 7 heteroatoms. The Labute approximate surface area is 98.7 Å². The zero-order chi connectivity index (χ0) is 13.0. The van der Waals surface area contributed by atoms with Gasteiger partial charge in [-0.25, -0.2) is 4.79 Å². The molecule has 1 fully saturated rings. The maximum atomic E-state index is 11.4. The van der Waals surface area contributed by atoms with Gasteiger partial charge in [0.1, 0.15) is 0 Å². The SMILES string of the molecule is COC(=O)NC(=O)CN1CCC(C(=O)O)C1C. The van der Waals surface area contributed by atoms with E-state index >= 15 is 0 Å². The number of methoxy groups -OCH3 is 1. The molecule has 0 radical (unpaired) electrons. The summed E-state index contributed by atoms with van der Waals surface area (Å²) in [5, 5.41) is 10.9. The van der Waals surface area contributed by atoms with Crippen molar-refractivity contribution in [2.75, 3.05) is 20.2 Å². The molecule has 0 aromatic carbocycles. The number of carboxylic acid groups (broad SMARTS) is 1. The van der Waals surface area contributed by atoms with E-state index in [2.05, 4.69) is 4.74 Å². The highest BCUT2D eigenvalue weighted by atomic mass is 16.5. The van der Waals surface area contributed by atoms with E-state index in [4.69, 9.17) is 5.11 Å².